The van der Waals surface area contributed by atoms with Gasteiger partial charge in [0.05, 0.1) is 5.75 Å². The molecule has 0 saturated carbocycles. The Morgan fingerprint density at radius 1 is 1.50 bits per heavy atom. The minimum Gasteiger partial charge on any atom is -0.310 e. The van der Waals surface area contributed by atoms with Crippen molar-refractivity contribution in [3.05, 3.63) is 27.9 Å². The first kappa shape index (κ1) is 11.3. The Balaban J connectivity index is 2.73. The molecule has 0 saturated heterocycles. The normalized spacial score (nSPS) is 11.7. The molecule has 1 aromatic heterocycles. The number of nitrogens with zero attached hydrogens (tertiary/aromatic N) is 1. The van der Waals surface area contributed by atoms with Crippen molar-refractivity contribution in [1.82, 2.24) is 9.97 Å². The van der Waals surface area contributed by atoms with Gasteiger partial charge in [0.25, 0.3) is 5.56 Å². The van der Waals surface area contributed by atoms with Crippen molar-refractivity contribution in [1.29, 1.82) is 0 Å². The SMILES string of the molecule is Cc1cc(=O)[nH]c(CSC(C)(C)C)n1. The van der Waals surface area contributed by atoms with Crippen LogP contribution in [0.4, 0.5) is 0 Å². The molecule has 0 aliphatic carbocycles. The summed E-state index contributed by atoms with van der Waals surface area (Å²) in [5.74, 6) is 1.51. The number of rotatable bonds is 2. The van der Waals surface area contributed by atoms with Crippen molar-refractivity contribution < 1.29 is 0 Å². The highest BCUT2D eigenvalue weighted by Gasteiger charge is 2.11. The van der Waals surface area contributed by atoms with Crippen molar-refractivity contribution >= 4 is 11.8 Å². The lowest BCUT2D eigenvalue weighted by atomic mass is 10.3. The fourth-order valence-corrected chi connectivity index (χ4v) is 1.70. The van der Waals surface area contributed by atoms with Gasteiger partial charge in [-0.05, 0) is 6.92 Å². The van der Waals surface area contributed by atoms with Gasteiger partial charge in [-0.15, -0.1) is 11.8 Å². The van der Waals surface area contributed by atoms with E-state index in [1.807, 2.05) is 6.92 Å². The maximum absolute atomic E-state index is 11.1. The maximum atomic E-state index is 11.1. The Hall–Kier alpha value is -0.770. The summed E-state index contributed by atoms with van der Waals surface area (Å²) in [5.41, 5.74) is 0.709. The minimum absolute atomic E-state index is 0.0676. The molecule has 14 heavy (non-hydrogen) atoms. The van der Waals surface area contributed by atoms with Crippen LogP contribution in [0.3, 0.4) is 0 Å². The zero-order valence-corrected chi connectivity index (χ0v) is 9.86. The van der Waals surface area contributed by atoms with E-state index < -0.39 is 0 Å². The molecule has 1 rings (SSSR count). The summed E-state index contributed by atoms with van der Waals surface area (Å²) in [4.78, 5) is 18.1. The number of hydrogen-bond donors (Lipinski definition) is 1. The zero-order chi connectivity index (χ0) is 10.8. The quantitative estimate of drug-likeness (QED) is 0.816. The molecular weight excluding hydrogens is 196 g/mol. The molecule has 0 bridgehead atoms. The van der Waals surface area contributed by atoms with Crippen LogP contribution in [-0.2, 0) is 5.75 Å². The van der Waals surface area contributed by atoms with Crippen molar-refractivity contribution in [2.45, 2.75) is 38.2 Å². The van der Waals surface area contributed by atoms with Gasteiger partial charge in [0.2, 0.25) is 0 Å². The zero-order valence-electron chi connectivity index (χ0n) is 9.05. The Kier molecular flexibility index (Phi) is 3.37. The molecule has 0 spiro atoms. The van der Waals surface area contributed by atoms with E-state index in [4.69, 9.17) is 0 Å². The topological polar surface area (TPSA) is 45.8 Å². The summed E-state index contributed by atoms with van der Waals surface area (Å²) >= 11 is 1.77. The molecule has 0 aliphatic heterocycles. The number of aromatic amines is 1. The molecule has 4 heteroatoms. The van der Waals surface area contributed by atoms with Crippen LogP contribution in [0.2, 0.25) is 0 Å². The van der Waals surface area contributed by atoms with E-state index in [9.17, 15) is 4.79 Å². The van der Waals surface area contributed by atoms with E-state index in [0.717, 1.165) is 17.3 Å². The first-order valence-electron chi connectivity index (χ1n) is 4.58. The largest absolute Gasteiger partial charge is 0.310 e. The van der Waals surface area contributed by atoms with Crippen LogP contribution in [0.5, 0.6) is 0 Å². The van der Waals surface area contributed by atoms with Gasteiger partial charge in [0.1, 0.15) is 5.82 Å². The molecule has 0 aromatic carbocycles. The van der Waals surface area contributed by atoms with Crippen molar-refractivity contribution in [3.63, 3.8) is 0 Å². The fraction of sp³-hybridized carbons (Fsp3) is 0.600. The number of H-pyrrole nitrogens is 1. The monoisotopic (exact) mass is 212 g/mol. The summed E-state index contributed by atoms with van der Waals surface area (Å²) in [5, 5.41) is 0. The summed E-state index contributed by atoms with van der Waals surface area (Å²) in [7, 11) is 0. The van der Waals surface area contributed by atoms with Gasteiger partial charge in [-0.2, -0.15) is 0 Å². The molecular formula is C10H16N2OS. The number of nitrogens with one attached hydrogen (secondary N) is 1. The summed E-state index contributed by atoms with van der Waals surface area (Å²) in [6, 6.07) is 1.51. The van der Waals surface area contributed by atoms with Crippen LogP contribution in [0.15, 0.2) is 10.9 Å². The van der Waals surface area contributed by atoms with E-state index in [1.54, 1.807) is 11.8 Å². The molecule has 1 heterocycles. The molecule has 0 amide bonds. The first-order valence-corrected chi connectivity index (χ1v) is 5.56. The van der Waals surface area contributed by atoms with Gasteiger partial charge in [0, 0.05) is 16.5 Å². The Bertz CT molecular complexity index is 365. The third kappa shape index (κ3) is 3.96. The van der Waals surface area contributed by atoms with Crippen LogP contribution in [0, 0.1) is 6.92 Å². The smallest absolute Gasteiger partial charge is 0.251 e. The third-order valence-corrected chi connectivity index (χ3v) is 2.84. The van der Waals surface area contributed by atoms with Crippen LogP contribution >= 0.6 is 11.8 Å². The van der Waals surface area contributed by atoms with Gasteiger partial charge in [-0.3, -0.25) is 4.79 Å². The highest BCUT2D eigenvalue weighted by atomic mass is 32.2. The molecule has 0 unspecified atom stereocenters. The number of hydrogen-bond acceptors (Lipinski definition) is 3. The Labute approximate surface area is 88.3 Å². The lowest BCUT2D eigenvalue weighted by molar-refractivity contribution is 0.799. The summed E-state index contributed by atoms with van der Waals surface area (Å²) in [6.45, 7) is 8.27. The molecule has 0 atom stereocenters. The summed E-state index contributed by atoms with van der Waals surface area (Å²) < 4.78 is 0.197. The highest BCUT2D eigenvalue weighted by Crippen LogP contribution is 2.25. The second kappa shape index (κ2) is 4.17. The van der Waals surface area contributed by atoms with E-state index >= 15 is 0 Å². The third-order valence-electron chi connectivity index (χ3n) is 1.56. The van der Waals surface area contributed by atoms with Crippen molar-refractivity contribution in [2.24, 2.45) is 0 Å². The minimum atomic E-state index is -0.0676. The van der Waals surface area contributed by atoms with E-state index in [-0.39, 0.29) is 10.3 Å². The highest BCUT2D eigenvalue weighted by molar-refractivity contribution is 7.99. The second-order valence-electron chi connectivity index (χ2n) is 4.23. The lowest BCUT2D eigenvalue weighted by Crippen LogP contribution is -2.13. The number of aryl methyl sites for hydroxylation is 1. The average molecular weight is 212 g/mol. The number of thioether (sulfide) groups is 1. The lowest BCUT2D eigenvalue weighted by Gasteiger charge is -2.16. The van der Waals surface area contributed by atoms with E-state index in [2.05, 4.69) is 30.7 Å². The molecule has 1 N–H and O–H groups in total. The first-order chi connectivity index (χ1) is 6.37. The molecule has 3 nitrogen and oxygen atoms in total. The van der Waals surface area contributed by atoms with Crippen LogP contribution < -0.4 is 5.56 Å². The van der Waals surface area contributed by atoms with Gasteiger partial charge in [-0.1, -0.05) is 20.8 Å². The van der Waals surface area contributed by atoms with Crippen molar-refractivity contribution in [3.8, 4) is 0 Å². The van der Waals surface area contributed by atoms with E-state index in [1.165, 1.54) is 6.07 Å². The molecule has 78 valence electrons. The van der Waals surface area contributed by atoms with Gasteiger partial charge < -0.3 is 4.98 Å². The summed E-state index contributed by atoms with van der Waals surface area (Å²) in [6.07, 6.45) is 0. The molecule has 0 radical (unpaired) electrons. The van der Waals surface area contributed by atoms with Gasteiger partial charge in [-0.25, -0.2) is 4.98 Å². The van der Waals surface area contributed by atoms with Crippen molar-refractivity contribution in [2.75, 3.05) is 0 Å². The Morgan fingerprint density at radius 2 is 2.14 bits per heavy atom. The maximum Gasteiger partial charge on any atom is 0.251 e. The standard InChI is InChI=1S/C10H16N2OS/c1-7-5-9(13)12-8(11-7)6-14-10(2,3)4/h5H,6H2,1-4H3,(H,11,12,13). The van der Waals surface area contributed by atoms with Gasteiger partial charge in [0.15, 0.2) is 0 Å². The molecule has 1 aromatic rings. The molecule has 0 aliphatic rings. The van der Waals surface area contributed by atoms with Gasteiger partial charge >= 0.3 is 0 Å². The fourth-order valence-electron chi connectivity index (χ4n) is 0.994. The second-order valence-corrected chi connectivity index (χ2v) is 6.04. The predicted molar refractivity (Wildman–Crippen MR) is 60.6 cm³/mol. The molecule has 0 fully saturated rings. The van der Waals surface area contributed by atoms with E-state index in [0.29, 0.717) is 0 Å². The van der Waals surface area contributed by atoms with Crippen LogP contribution in [-0.4, -0.2) is 14.7 Å². The van der Waals surface area contributed by atoms with Crippen LogP contribution in [0.1, 0.15) is 32.3 Å². The number of aromatic nitrogens is 2. The Morgan fingerprint density at radius 3 is 2.64 bits per heavy atom. The predicted octanol–water partition coefficient (Wildman–Crippen LogP) is 2.11. The van der Waals surface area contributed by atoms with Crippen LogP contribution in [0.25, 0.3) is 0 Å². The average Bonchev–Trinajstić information content (AvgIpc) is 1.97.